The van der Waals surface area contributed by atoms with E-state index in [4.69, 9.17) is 0 Å². The Morgan fingerprint density at radius 3 is 2.56 bits per heavy atom. The van der Waals surface area contributed by atoms with Crippen molar-refractivity contribution < 1.29 is 9.50 Å². The van der Waals surface area contributed by atoms with E-state index >= 15 is 0 Å². The molecule has 1 aromatic carbocycles. The Morgan fingerprint density at radius 2 is 2.00 bits per heavy atom. The average molecular weight is 251 g/mol. The number of hydrogen-bond acceptors (Lipinski definition) is 2. The first-order valence-electron chi connectivity index (χ1n) is 6.73. The summed E-state index contributed by atoms with van der Waals surface area (Å²) in [5.74, 6) is 0.654. The Balaban J connectivity index is 1.86. The van der Waals surface area contributed by atoms with E-state index in [1.165, 1.54) is 6.07 Å². The molecule has 0 spiro atoms. The van der Waals surface area contributed by atoms with Crippen LogP contribution in [0, 0.1) is 11.7 Å². The van der Waals surface area contributed by atoms with Gasteiger partial charge >= 0.3 is 0 Å². The van der Waals surface area contributed by atoms with Gasteiger partial charge in [0.2, 0.25) is 0 Å². The number of rotatable bonds is 5. The molecule has 1 aromatic rings. The summed E-state index contributed by atoms with van der Waals surface area (Å²) in [7, 11) is 0. The molecule has 1 aliphatic rings. The van der Waals surface area contributed by atoms with E-state index in [0.29, 0.717) is 17.9 Å². The number of benzene rings is 1. The Hall–Kier alpha value is -0.930. The third-order valence-corrected chi connectivity index (χ3v) is 3.93. The first-order valence-corrected chi connectivity index (χ1v) is 6.73. The van der Waals surface area contributed by atoms with Gasteiger partial charge in [0.25, 0.3) is 0 Å². The molecule has 0 radical (unpaired) electrons. The van der Waals surface area contributed by atoms with Gasteiger partial charge in [-0.3, -0.25) is 0 Å². The van der Waals surface area contributed by atoms with Gasteiger partial charge in [-0.25, -0.2) is 4.39 Å². The molecule has 0 bridgehead atoms. The summed E-state index contributed by atoms with van der Waals surface area (Å²) >= 11 is 0. The lowest BCUT2D eigenvalue weighted by Crippen LogP contribution is -2.49. The third kappa shape index (κ3) is 2.90. The highest BCUT2D eigenvalue weighted by atomic mass is 19.1. The summed E-state index contributed by atoms with van der Waals surface area (Å²) in [6.07, 6.45) is 1.92. The number of hydrogen-bond donors (Lipinski definition) is 2. The zero-order valence-electron chi connectivity index (χ0n) is 11.1. The smallest absolute Gasteiger partial charge is 0.126 e. The Morgan fingerprint density at radius 1 is 1.33 bits per heavy atom. The van der Waals surface area contributed by atoms with Gasteiger partial charge in [0.15, 0.2) is 0 Å². The van der Waals surface area contributed by atoms with Crippen molar-refractivity contribution in [1.82, 2.24) is 5.32 Å². The molecular formula is C15H22FNO. The van der Waals surface area contributed by atoms with Crippen LogP contribution in [0.15, 0.2) is 24.3 Å². The minimum atomic E-state index is -0.0940. The largest absolute Gasteiger partial charge is 0.395 e. The van der Waals surface area contributed by atoms with Crippen LogP contribution in [0.1, 0.15) is 38.2 Å². The van der Waals surface area contributed by atoms with Crippen molar-refractivity contribution in [2.24, 2.45) is 5.92 Å². The maximum atomic E-state index is 13.6. The molecule has 0 aromatic heterocycles. The second kappa shape index (κ2) is 5.81. The molecule has 2 N–H and O–H groups in total. The molecule has 18 heavy (non-hydrogen) atoms. The third-order valence-electron chi connectivity index (χ3n) is 3.93. The summed E-state index contributed by atoms with van der Waals surface area (Å²) < 4.78 is 13.6. The molecule has 0 aliphatic heterocycles. The quantitative estimate of drug-likeness (QED) is 0.843. The maximum absolute atomic E-state index is 13.6. The van der Waals surface area contributed by atoms with E-state index < -0.39 is 0 Å². The van der Waals surface area contributed by atoms with Crippen molar-refractivity contribution in [1.29, 1.82) is 0 Å². The Labute approximate surface area is 108 Å². The van der Waals surface area contributed by atoms with Crippen molar-refractivity contribution in [3.05, 3.63) is 35.6 Å². The predicted molar refractivity (Wildman–Crippen MR) is 71.0 cm³/mol. The highest BCUT2D eigenvalue weighted by Crippen LogP contribution is 2.38. The Kier molecular flexibility index (Phi) is 4.36. The topological polar surface area (TPSA) is 32.3 Å². The zero-order chi connectivity index (χ0) is 13.1. The minimum absolute atomic E-state index is 0.0940. The number of aliphatic hydroxyl groups excluding tert-OH is 1. The van der Waals surface area contributed by atoms with E-state index in [9.17, 15) is 9.50 Å². The van der Waals surface area contributed by atoms with Crippen LogP contribution in [0.3, 0.4) is 0 Å². The second-order valence-corrected chi connectivity index (χ2v) is 5.59. The fraction of sp³-hybridized carbons (Fsp3) is 0.600. The van der Waals surface area contributed by atoms with Gasteiger partial charge < -0.3 is 10.4 Å². The van der Waals surface area contributed by atoms with E-state index in [1.54, 1.807) is 6.07 Å². The van der Waals surface area contributed by atoms with E-state index in [2.05, 4.69) is 19.2 Å². The highest BCUT2D eigenvalue weighted by molar-refractivity contribution is 5.24. The molecule has 1 aliphatic carbocycles. The summed E-state index contributed by atoms with van der Waals surface area (Å²) in [6.45, 7) is 4.36. The summed E-state index contributed by atoms with van der Waals surface area (Å²) in [4.78, 5) is 0. The normalized spacial score (nSPS) is 24.9. The van der Waals surface area contributed by atoms with Crippen molar-refractivity contribution in [3.63, 3.8) is 0 Å². The van der Waals surface area contributed by atoms with Crippen LogP contribution < -0.4 is 5.32 Å². The van der Waals surface area contributed by atoms with Gasteiger partial charge in [-0.15, -0.1) is 0 Å². The first-order chi connectivity index (χ1) is 8.61. The monoisotopic (exact) mass is 251 g/mol. The number of nitrogens with one attached hydrogen (secondary N) is 1. The van der Waals surface area contributed by atoms with Crippen LogP contribution in [-0.4, -0.2) is 23.8 Å². The van der Waals surface area contributed by atoms with Gasteiger partial charge in [-0.2, -0.15) is 0 Å². The molecule has 1 atom stereocenters. The standard InChI is InChI=1S/C15H22FNO/c1-10(2)15(9-18)17-12-7-11(8-12)13-5-3-4-6-14(13)16/h3-6,10-12,15,17-18H,7-9H2,1-2H3. The van der Waals surface area contributed by atoms with Gasteiger partial charge in [-0.05, 0) is 36.3 Å². The van der Waals surface area contributed by atoms with Crippen LogP contribution in [0.5, 0.6) is 0 Å². The molecule has 3 heteroatoms. The van der Waals surface area contributed by atoms with Crippen LogP contribution in [0.4, 0.5) is 4.39 Å². The van der Waals surface area contributed by atoms with Gasteiger partial charge in [0, 0.05) is 12.1 Å². The number of aliphatic hydroxyl groups is 1. The summed E-state index contributed by atoms with van der Waals surface area (Å²) in [6, 6.07) is 7.59. The average Bonchev–Trinajstić information content (AvgIpc) is 2.29. The van der Waals surface area contributed by atoms with E-state index in [1.807, 2.05) is 12.1 Å². The maximum Gasteiger partial charge on any atom is 0.126 e. The second-order valence-electron chi connectivity index (χ2n) is 5.59. The van der Waals surface area contributed by atoms with Crippen LogP contribution in [0.2, 0.25) is 0 Å². The molecule has 2 rings (SSSR count). The lowest BCUT2D eigenvalue weighted by molar-refractivity contribution is 0.168. The SMILES string of the molecule is CC(C)C(CO)NC1CC(c2ccccc2F)C1. The van der Waals surface area contributed by atoms with E-state index in [-0.39, 0.29) is 18.5 Å². The highest BCUT2D eigenvalue weighted by Gasteiger charge is 2.33. The minimum Gasteiger partial charge on any atom is -0.395 e. The predicted octanol–water partition coefficient (Wildman–Crippen LogP) is 2.68. The molecule has 2 nitrogen and oxygen atoms in total. The summed E-state index contributed by atoms with van der Waals surface area (Å²) in [5.41, 5.74) is 0.834. The van der Waals surface area contributed by atoms with Crippen molar-refractivity contribution in [2.45, 2.75) is 44.7 Å². The molecule has 1 unspecified atom stereocenters. The lowest BCUT2D eigenvalue weighted by atomic mass is 9.75. The molecular weight excluding hydrogens is 229 g/mol. The molecule has 1 saturated carbocycles. The van der Waals surface area contributed by atoms with Crippen LogP contribution >= 0.6 is 0 Å². The van der Waals surface area contributed by atoms with Crippen LogP contribution in [0.25, 0.3) is 0 Å². The van der Waals surface area contributed by atoms with Crippen LogP contribution in [-0.2, 0) is 0 Å². The fourth-order valence-electron chi connectivity index (χ4n) is 2.57. The van der Waals surface area contributed by atoms with Gasteiger partial charge in [0.1, 0.15) is 5.82 Å². The van der Waals surface area contributed by atoms with Gasteiger partial charge in [-0.1, -0.05) is 32.0 Å². The van der Waals surface area contributed by atoms with Crippen molar-refractivity contribution in [2.75, 3.05) is 6.61 Å². The lowest BCUT2D eigenvalue weighted by Gasteiger charge is -2.39. The molecule has 1 fully saturated rings. The fourth-order valence-corrected chi connectivity index (χ4v) is 2.57. The first kappa shape index (κ1) is 13.5. The molecule has 100 valence electrons. The molecule has 0 saturated heterocycles. The molecule has 0 amide bonds. The Bertz CT molecular complexity index is 388. The molecule has 0 heterocycles. The summed E-state index contributed by atoms with van der Waals surface area (Å²) in [5, 5.41) is 12.7. The van der Waals surface area contributed by atoms with E-state index in [0.717, 1.165) is 18.4 Å². The zero-order valence-corrected chi connectivity index (χ0v) is 11.1. The number of halogens is 1. The van der Waals surface area contributed by atoms with Gasteiger partial charge in [0.05, 0.1) is 6.61 Å². The van der Waals surface area contributed by atoms with Crippen molar-refractivity contribution in [3.8, 4) is 0 Å². The van der Waals surface area contributed by atoms with Crippen molar-refractivity contribution >= 4 is 0 Å².